The molecular weight excluding hydrogens is 255 g/mol. The van der Waals surface area contributed by atoms with Gasteiger partial charge in [0.1, 0.15) is 18.2 Å². The van der Waals surface area contributed by atoms with Crippen LogP contribution in [-0.2, 0) is 13.0 Å². The fourth-order valence-corrected chi connectivity index (χ4v) is 2.44. The van der Waals surface area contributed by atoms with Gasteiger partial charge in [0.05, 0.1) is 0 Å². The van der Waals surface area contributed by atoms with Crippen molar-refractivity contribution in [1.29, 1.82) is 0 Å². The highest BCUT2D eigenvalue weighted by Crippen LogP contribution is 2.25. The van der Waals surface area contributed by atoms with Gasteiger partial charge >= 0.3 is 0 Å². The summed E-state index contributed by atoms with van der Waals surface area (Å²) in [6, 6.07) is 11.9. The molecule has 1 aliphatic carbocycles. The Morgan fingerprint density at radius 1 is 1.05 bits per heavy atom. The minimum Gasteiger partial charge on any atom is -0.489 e. The summed E-state index contributed by atoms with van der Waals surface area (Å²) < 4.78 is 18.5. The van der Waals surface area contributed by atoms with Crippen molar-refractivity contribution in [2.24, 2.45) is 0 Å². The third-order valence-corrected chi connectivity index (χ3v) is 3.55. The lowest BCUT2D eigenvalue weighted by molar-refractivity contribution is 0.0972. The van der Waals surface area contributed by atoms with E-state index in [4.69, 9.17) is 4.74 Å². The van der Waals surface area contributed by atoms with E-state index >= 15 is 0 Å². The first-order valence-corrected chi connectivity index (χ1v) is 6.76. The van der Waals surface area contributed by atoms with Gasteiger partial charge in [0, 0.05) is 12.0 Å². The van der Waals surface area contributed by atoms with E-state index in [-0.39, 0.29) is 11.6 Å². The minimum atomic E-state index is -0.256. The monoisotopic (exact) mass is 270 g/mol. The number of Topliss-reactive ketones (excluding diaryl/α,β-unsaturated/α-hetero) is 1. The zero-order chi connectivity index (χ0) is 13.9. The highest BCUT2D eigenvalue weighted by molar-refractivity contribution is 5.98. The first kappa shape index (κ1) is 12.9. The van der Waals surface area contributed by atoms with Gasteiger partial charge < -0.3 is 4.74 Å². The average Bonchev–Trinajstić information content (AvgIpc) is 2.47. The molecule has 2 nitrogen and oxygen atoms in total. The second kappa shape index (κ2) is 5.45. The number of hydrogen-bond donors (Lipinski definition) is 0. The molecule has 0 saturated heterocycles. The largest absolute Gasteiger partial charge is 0.489 e. The standard InChI is InChI=1S/C17H15FO2/c18-14-7-4-12(5-8-14)11-20-15-9-6-13-2-1-3-17(19)16(13)10-15/h4-10H,1-3,11H2. The summed E-state index contributed by atoms with van der Waals surface area (Å²) in [7, 11) is 0. The molecule has 0 fully saturated rings. The molecule has 2 aromatic rings. The molecule has 0 spiro atoms. The molecule has 0 amide bonds. The Bertz CT molecular complexity index is 632. The van der Waals surface area contributed by atoms with Crippen LogP contribution >= 0.6 is 0 Å². The summed E-state index contributed by atoms with van der Waals surface area (Å²) in [5, 5.41) is 0. The van der Waals surface area contributed by atoms with Crippen LogP contribution in [0.15, 0.2) is 42.5 Å². The van der Waals surface area contributed by atoms with Crippen molar-refractivity contribution < 1.29 is 13.9 Å². The molecule has 0 heterocycles. The van der Waals surface area contributed by atoms with E-state index in [1.807, 2.05) is 18.2 Å². The third kappa shape index (κ3) is 2.72. The van der Waals surface area contributed by atoms with E-state index in [1.165, 1.54) is 12.1 Å². The van der Waals surface area contributed by atoms with Gasteiger partial charge in [-0.25, -0.2) is 4.39 Å². The van der Waals surface area contributed by atoms with E-state index in [0.29, 0.717) is 18.8 Å². The van der Waals surface area contributed by atoms with E-state index in [9.17, 15) is 9.18 Å². The number of aryl methyl sites for hydroxylation is 1. The second-order valence-electron chi connectivity index (χ2n) is 5.01. The Morgan fingerprint density at radius 2 is 1.85 bits per heavy atom. The Labute approximate surface area is 117 Å². The van der Waals surface area contributed by atoms with Gasteiger partial charge in [0.25, 0.3) is 0 Å². The number of hydrogen-bond acceptors (Lipinski definition) is 2. The first-order valence-electron chi connectivity index (χ1n) is 6.76. The number of rotatable bonds is 3. The summed E-state index contributed by atoms with van der Waals surface area (Å²) in [5.41, 5.74) is 2.79. The molecule has 20 heavy (non-hydrogen) atoms. The zero-order valence-electron chi connectivity index (χ0n) is 11.1. The SMILES string of the molecule is O=C1CCCc2ccc(OCc3ccc(F)cc3)cc21. The van der Waals surface area contributed by atoms with Crippen LogP contribution in [0.1, 0.15) is 34.3 Å². The number of ether oxygens (including phenoxy) is 1. The van der Waals surface area contributed by atoms with Crippen LogP contribution in [0.4, 0.5) is 4.39 Å². The van der Waals surface area contributed by atoms with Gasteiger partial charge in [-0.3, -0.25) is 4.79 Å². The summed E-state index contributed by atoms with van der Waals surface area (Å²) >= 11 is 0. The molecule has 102 valence electrons. The van der Waals surface area contributed by atoms with Crippen molar-refractivity contribution in [2.45, 2.75) is 25.9 Å². The van der Waals surface area contributed by atoms with Crippen LogP contribution in [0.3, 0.4) is 0 Å². The molecule has 2 aromatic carbocycles. The molecule has 0 aromatic heterocycles. The number of benzene rings is 2. The first-order chi connectivity index (χ1) is 9.72. The molecule has 0 bridgehead atoms. The van der Waals surface area contributed by atoms with Crippen molar-refractivity contribution in [1.82, 2.24) is 0 Å². The topological polar surface area (TPSA) is 26.3 Å². The van der Waals surface area contributed by atoms with Crippen LogP contribution in [0.2, 0.25) is 0 Å². The van der Waals surface area contributed by atoms with Crippen LogP contribution in [0.25, 0.3) is 0 Å². The number of carbonyl (C=O) groups is 1. The van der Waals surface area contributed by atoms with Crippen molar-refractivity contribution >= 4 is 5.78 Å². The van der Waals surface area contributed by atoms with Crippen molar-refractivity contribution in [3.63, 3.8) is 0 Å². The smallest absolute Gasteiger partial charge is 0.163 e. The Morgan fingerprint density at radius 3 is 2.65 bits per heavy atom. The fraction of sp³-hybridized carbons (Fsp3) is 0.235. The summed E-state index contributed by atoms with van der Waals surface area (Å²) in [5.74, 6) is 0.620. The highest BCUT2D eigenvalue weighted by atomic mass is 19.1. The molecule has 3 heteroatoms. The summed E-state index contributed by atoms with van der Waals surface area (Å²) in [4.78, 5) is 11.9. The molecule has 0 aliphatic heterocycles. The number of halogens is 1. The van der Waals surface area contributed by atoms with Gasteiger partial charge in [-0.15, -0.1) is 0 Å². The lowest BCUT2D eigenvalue weighted by Crippen LogP contribution is -2.10. The predicted octanol–water partition coefficient (Wildman–Crippen LogP) is 3.92. The Kier molecular flexibility index (Phi) is 3.50. The molecule has 1 aliphatic rings. The van der Waals surface area contributed by atoms with Gasteiger partial charge in [0.2, 0.25) is 0 Å². The van der Waals surface area contributed by atoms with Crippen LogP contribution < -0.4 is 4.74 Å². The molecule has 3 rings (SSSR count). The van der Waals surface area contributed by atoms with Crippen LogP contribution in [0.5, 0.6) is 5.75 Å². The molecular formula is C17H15FO2. The van der Waals surface area contributed by atoms with Crippen LogP contribution in [0, 0.1) is 5.82 Å². The summed E-state index contributed by atoms with van der Waals surface area (Å²) in [6.07, 6.45) is 2.51. The van der Waals surface area contributed by atoms with Crippen molar-refractivity contribution in [3.05, 3.63) is 65.0 Å². The van der Waals surface area contributed by atoms with E-state index in [0.717, 1.165) is 29.5 Å². The molecule has 0 N–H and O–H groups in total. The maximum absolute atomic E-state index is 12.8. The maximum Gasteiger partial charge on any atom is 0.163 e. The zero-order valence-corrected chi connectivity index (χ0v) is 11.1. The number of ketones is 1. The van der Waals surface area contributed by atoms with Gasteiger partial charge in [-0.2, -0.15) is 0 Å². The maximum atomic E-state index is 12.8. The number of fused-ring (bicyclic) bond motifs is 1. The molecule has 0 radical (unpaired) electrons. The van der Waals surface area contributed by atoms with Crippen molar-refractivity contribution in [3.8, 4) is 5.75 Å². The number of carbonyl (C=O) groups excluding carboxylic acids is 1. The van der Waals surface area contributed by atoms with E-state index in [1.54, 1.807) is 12.1 Å². The molecule has 0 saturated carbocycles. The fourth-order valence-electron chi connectivity index (χ4n) is 2.44. The lowest BCUT2D eigenvalue weighted by Gasteiger charge is -2.16. The molecule has 0 atom stereocenters. The average molecular weight is 270 g/mol. The predicted molar refractivity (Wildman–Crippen MR) is 74.4 cm³/mol. The second-order valence-corrected chi connectivity index (χ2v) is 5.01. The van der Waals surface area contributed by atoms with Gasteiger partial charge in [0.15, 0.2) is 5.78 Å². The Hall–Kier alpha value is -2.16. The lowest BCUT2D eigenvalue weighted by atomic mass is 9.90. The van der Waals surface area contributed by atoms with Gasteiger partial charge in [-0.05, 0) is 48.2 Å². The highest BCUT2D eigenvalue weighted by Gasteiger charge is 2.17. The minimum absolute atomic E-state index is 0.193. The quantitative estimate of drug-likeness (QED) is 0.844. The van der Waals surface area contributed by atoms with Crippen LogP contribution in [-0.4, -0.2) is 5.78 Å². The Balaban J connectivity index is 1.73. The van der Waals surface area contributed by atoms with E-state index < -0.39 is 0 Å². The van der Waals surface area contributed by atoms with Crippen molar-refractivity contribution in [2.75, 3.05) is 0 Å². The van der Waals surface area contributed by atoms with E-state index in [2.05, 4.69) is 0 Å². The normalized spacial score (nSPS) is 13.9. The molecule has 0 unspecified atom stereocenters. The van der Waals surface area contributed by atoms with Gasteiger partial charge in [-0.1, -0.05) is 18.2 Å². The third-order valence-electron chi connectivity index (χ3n) is 3.55. The summed E-state index contributed by atoms with van der Waals surface area (Å²) in [6.45, 7) is 0.368.